The van der Waals surface area contributed by atoms with Gasteiger partial charge in [-0.2, -0.15) is 0 Å². The second kappa shape index (κ2) is 7.68. The molecule has 0 fully saturated rings. The molecule has 0 aromatic heterocycles. The third-order valence-electron chi connectivity index (χ3n) is 3.87. The highest BCUT2D eigenvalue weighted by atomic mass is 16.5. The highest BCUT2D eigenvalue weighted by Gasteiger charge is 2.22. The molecule has 0 aliphatic carbocycles. The number of hydrogen-bond acceptors (Lipinski definition) is 3. The molecule has 23 heavy (non-hydrogen) atoms. The van der Waals surface area contributed by atoms with Crippen molar-refractivity contribution in [1.29, 1.82) is 0 Å². The van der Waals surface area contributed by atoms with E-state index in [4.69, 9.17) is 9.84 Å². The molecule has 0 saturated carbocycles. The zero-order chi connectivity index (χ0) is 16.9. The molecule has 0 saturated heterocycles. The zero-order valence-electron chi connectivity index (χ0n) is 14.3. The molecule has 1 aliphatic rings. The summed E-state index contributed by atoms with van der Waals surface area (Å²) in [5.74, 6) is 0.968. The molecule has 0 spiro atoms. The summed E-state index contributed by atoms with van der Waals surface area (Å²) in [5.41, 5.74) is 2.82. The molecule has 1 amide bonds. The van der Waals surface area contributed by atoms with Crippen LogP contribution in [0.25, 0.3) is 0 Å². The van der Waals surface area contributed by atoms with Gasteiger partial charge in [-0.25, -0.2) is 4.79 Å². The fraction of sp³-hybridized carbons (Fsp3) is 0.611. The number of amides is 1. The number of fused-ring (bicyclic) bond motifs is 1. The van der Waals surface area contributed by atoms with Crippen LogP contribution in [0.1, 0.15) is 50.8 Å². The van der Waals surface area contributed by atoms with Crippen molar-refractivity contribution >= 4 is 6.09 Å². The lowest BCUT2D eigenvalue weighted by molar-refractivity contribution is 0.194. The molecular weight excluding hydrogens is 292 g/mol. The van der Waals surface area contributed by atoms with Crippen LogP contribution in [0.4, 0.5) is 4.79 Å². The lowest BCUT2D eigenvalue weighted by atomic mass is 9.86. The predicted octanol–water partition coefficient (Wildman–Crippen LogP) is 3.35. The van der Waals surface area contributed by atoms with E-state index in [1.807, 2.05) is 0 Å². The monoisotopic (exact) mass is 320 g/mol. The Bertz CT molecular complexity index is 538. The molecule has 1 aromatic carbocycles. The van der Waals surface area contributed by atoms with Gasteiger partial charge in [-0.05, 0) is 36.4 Å². The molecule has 1 aliphatic heterocycles. The van der Waals surface area contributed by atoms with E-state index in [2.05, 4.69) is 49.6 Å². The van der Waals surface area contributed by atoms with Gasteiger partial charge < -0.3 is 20.5 Å². The van der Waals surface area contributed by atoms with Crippen LogP contribution < -0.4 is 15.4 Å². The molecule has 0 radical (unpaired) electrons. The third-order valence-corrected chi connectivity index (χ3v) is 3.87. The Morgan fingerprint density at radius 3 is 2.83 bits per heavy atom. The smallest absolute Gasteiger partial charge is 0.404 e. The minimum absolute atomic E-state index is 0.259. The summed E-state index contributed by atoms with van der Waals surface area (Å²) in [4.78, 5) is 10.4. The molecule has 3 N–H and O–H groups in total. The topological polar surface area (TPSA) is 70.6 Å². The Labute approximate surface area is 138 Å². The number of rotatable bonds is 6. The van der Waals surface area contributed by atoms with Gasteiger partial charge in [-0.15, -0.1) is 0 Å². The van der Waals surface area contributed by atoms with Crippen molar-refractivity contribution in [3.8, 4) is 5.75 Å². The summed E-state index contributed by atoms with van der Waals surface area (Å²) in [6.45, 7) is 8.71. The third kappa shape index (κ3) is 5.75. The fourth-order valence-electron chi connectivity index (χ4n) is 2.94. The van der Waals surface area contributed by atoms with E-state index in [1.54, 1.807) is 0 Å². The molecule has 2 rings (SSSR count). The van der Waals surface area contributed by atoms with Gasteiger partial charge in [0.25, 0.3) is 0 Å². The first-order valence-electron chi connectivity index (χ1n) is 8.31. The highest BCUT2D eigenvalue weighted by molar-refractivity contribution is 5.64. The van der Waals surface area contributed by atoms with E-state index < -0.39 is 6.09 Å². The van der Waals surface area contributed by atoms with Crippen LogP contribution in [0.3, 0.4) is 0 Å². The maximum Gasteiger partial charge on any atom is 0.404 e. The van der Waals surface area contributed by atoms with Crippen LogP contribution in [0.2, 0.25) is 0 Å². The van der Waals surface area contributed by atoms with E-state index in [0.717, 1.165) is 38.2 Å². The highest BCUT2D eigenvalue weighted by Crippen LogP contribution is 2.34. The van der Waals surface area contributed by atoms with Crippen LogP contribution >= 0.6 is 0 Å². The maximum atomic E-state index is 10.4. The van der Waals surface area contributed by atoms with Crippen molar-refractivity contribution in [3.05, 3.63) is 29.3 Å². The van der Waals surface area contributed by atoms with E-state index in [9.17, 15) is 4.79 Å². The standard InChI is InChI=1S/C18H28N2O3/c1-18(2,3)12-13-5-6-16-14(11-13)15(7-10-23-16)19-8-4-9-20-17(21)22/h5-6,11,15,19-20H,4,7-10,12H2,1-3H3,(H,21,22)/t15-/m0/s1. The Balaban J connectivity index is 1.96. The van der Waals surface area contributed by atoms with Gasteiger partial charge in [-0.1, -0.05) is 32.9 Å². The number of carbonyl (C=O) groups is 1. The number of benzene rings is 1. The molecular formula is C18H28N2O3. The average Bonchev–Trinajstić information content (AvgIpc) is 2.45. The number of hydrogen-bond donors (Lipinski definition) is 3. The van der Waals surface area contributed by atoms with E-state index in [-0.39, 0.29) is 11.5 Å². The molecule has 1 aromatic rings. The molecule has 0 unspecified atom stereocenters. The van der Waals surface area contributed by atoms with Crippen LogP contribution in [0, 0.1) is 5.41 Å². The predicted molar refractivity (Wildman–Crippen MR) is 91.1 cm³/mol. The summed E-state index contributed by atoms with van der Waals surface area (Å²) in [6, 6.07) is 6.77. The normalized spacial score (nSPS) is 17.3. The van der Waals surface area contributed by atoms with Crippen LogP contribution in [0.5, 0.6) is 5.75 Å². The van der Waals surface area contributed by atoms with E-state index in [1.165, 1.54) is 11.1 Å². The van der Waals surface area contributed by atoms with Gasteiger partial charge in [0.15, 0.2) is 0 Å². The van der Waals surface area contributed by atoms with Gasteiger partial charge in [0.1, 0.15) is 5.75 Å². The van der Waals surface area contributed by atoms with Crippen molar-refractivity contribution in [3.63, 3.8) is 0 Å². The van der Waals surface area contributed by atoms with Gasteiger partial charge in [0.05, 0.1) is 6.61 Å². The van der Waals surface area contributed by atoms with Crippen LogP contribution in [-0.4, -0.2) is 30.9 Å². The minimum Gasteiger partial charge on any atom is -0.493 e. The first-order valence-corrected chi connectivity index (χ1v) is 8.31. The SMILES string of the molecule is CC(C)(C)Cc1ccc2c(c1)[C@@H](NCCCNC(=O)O)CCO2. The first-order chi connectivity index (χ1) is 10.8. The van der Waals surface area contributed by atoms with Crippen LogP contribution in [0.15, 0.2) is 18.2 Å². The summed E-state index contributed by atoms with van der Waals surface area (Å²) in [5, 5.41) is 14.5. The van der Waals surface area contributed by atoms with E-state index in [0.29, 0.717) is 6.54 Å². The van der Waals surface area contributed by atoms with Crippen molar-refractivity contribution in [2.75, 3.05) is 19.7 Å². The van der Waals surface area contributed by atoms with Gasteiger partial charge in [0, 0.05) is 24.6 Å². The lowest BCUT2D eigenvalue weighted by Gasteiger charge is -2.28. The first kappa shape index (κ1) is 17.6. The molecule has 5 heteroatoms. The van der Waals surface area contributed by atoms with E-state index >= 15 is 0 Å². The average molecular weight is 320 g/mol. The van der Waals surface area contributed by atoms with Crippen molar-refractivity contribution in [1.82, 2.24) is 10.6 Å². The Kier molecular flexibility index (Phi) is 5.88. The summed E-state index contributed by atoms with van der Waals surface area (Å²) >= 11 is 0. The molecule has 1 heterocycles. The quantitative estimate of drug-likeness (QED) is 0.703. The van der Waals surface area contributed by atoms with Crippen molar-refractivity contribution in [2.24, 2.45) is 5.41 Å². The Morgan fingerprint density at radius 1 is 1.35 bits per heavy atom. The molecule has 0 bridgehead atoms. The number of nitrogens with one attached hydrogen (secondary N) is 2. The largest absolute Gasteiger partial charge is 0.493 e. The van der Waals surface area contributed by atoms with Gasteiger partial charge in [0.2, 0.25) is 0 Å². The minimum atomic E-state index is -0.965. The molecule has 1 atom stereocenters. The van der Waals surface area contributed by atoms with Gasteiger partial charge >= 0.3 is 6.09 Å². The van der Waals surface area contributed by atoms with Crippen molar-refractivity contribution < 1.29 is 14.6 Å². The number of ether oxygens (including phenoxy) is 1. The Morgan fingerprint density at radius 2 is 2.13 bits per heavy atom. The maximum absolute atomic E-state index is 10.4. The summed E-state index contributed by atoms with van der Waals surface area (Å²) in [6.07, 6.45) is 1.79. The number of carboxylic acid groups (broad SMARTS) is 1. The summed E-state index contributed by atoms with van der Waals surface area (Å²) in [7, 11) is 0. The molecule has 128 valence electrons. The van der Waals surface area contributed by atoms with Crippen LogP contribution in [-0.2, 0) is 6.42 Å². The zero-order valence-corrected chi connectivity index (χ0v) is 14.3. The fourth-order valence-corrected chi connectivity index (χ4v) is 2.94. The molecule has 5 nitrogen and oxygen atoms in total. The summed E-state index contributed by atoms with van der Waals surface area (Å²) < 4.78 is 5.77. The van der Waals surface area contributed by atoms with Gasteiger partial charge in [-0.3, -0.25) is 0 Å². The lowest BCUT2D eigenvalue weighted by Crippen LogP contribution is -2.30. The second-order valence-corrected chi connectivity index (χ2v) is 7.34. The Hall–Kier alpha value is -1.75. The van der Waals surface area contributed by atoms with Crippen molar-refractivity contribution in [2.45, 2.75) is 46.1 Å². The second-order valence-electron chi connectivity index (χ2n) is 7.34.